The minimum atomic E-state index is -0.243. The Hall–Kier alpha value is -2.67. The van der Waals surface area contributed by atoms with Gasteiger partial charge in [-0.2, -0.15) is 0 Å². The molecule has 4 rings (SSSR count). The van der Waals surface area contributed by atoms with E-state index in [2.05, 4.69) is 39.8 Å². The normalized spacial score (nSPS) is 10.7. The van der Waals surface area contributed by atoms with Crippen LogP contribution in [0.25, 0.3) is 22.3 Å². The summed E-state index contributed by atoms with van der Waals surface area (Å²) in [7, 11) is 0. The highest BCUT2D eigenvalue weighted by Gasteiger charge is 2.13. The van der Waals surface area contributed by atoms with Gasteiger partial charge in [0, 0.05) is 16.1 Å². The molecular formula is C22H16ClN3OS2. The van der Waals surface area contributed by atoms with Crippen molar-refractivity contribution in [3.63, 3.8) is 0 Å². The standard InChI is InChI=1S/C22H16ClN3OS2/c1-28-22-26-25-21(29-22)24-20(27)17-11-12-19(23)18(13-17)16-9-7-15(8-10-16)14-5-3-2-4-6-14/h2-13H,1H3,(H,24,25,27). The summed E-state index contributed by atoms with van der Waals surface area (Å²) in [5.41, 5.74) is 4.54. The summed E-state index contributed by atoms with van der Waals surface area (Å²) >= 11 is 9.25. The molecule has 0 saturated carbocycles. The summed E-state index contributed by atoms with van der Waals surface area (Å²) in [4.78, 5) is 12.6. The van der Waals surface area contributed by atoms with E-state index >= 15 is 0 Å². The number of rotatable bonds is 5. The molecule has 0 radical (unpaired) electrons. The smallest absolute Gasteiger partial charge is 0.257 e. The van der Waals surface area contributed by atoms with E-state index in [1.54, 1.807) is 18.2 Å². The molecular weight excluding hydrogens is 422 g/mol. The van der Waals surface area contributed by atoms with E-state index in [4.69, 9.17) is 11.6 Å². The van der Waals surface area contributed by atoms with Gasteiger partial charge in [-0.25, -0.2) is 0 Å². The van der Waals surface area contributed by atoms with Crippen LogP contribution in [0.3, 0.4) is 0 Å². The number of carbonyl (C=O) groups is 1. The fourth-order valence-corrected chi connectivity index (χ4v) is 4.26. The number of halogens is 1. The lowest BCUT2D eigenvalue weighted by Crippen LogP contribution is -2.11. The quantitative estimate of drug-likeness (QED) is 0.286. The van der Waals surface area contributed by atoms with Gasteiger partial charge < -0.3 is 0 Å². The Morgan fingerprint density at radius 3 is 2.31 bits per heavy atom. The molecule has 0 bridgehead atoms. The van der Waals surface area contributed by atoms with Crippen LogP contribution in [0.5, 0.6) is 0 Å². The van der Waals surface area contributed by atoms with Crippen LogP contribution in [0.2, 0.25) is 5.02 Å². The van der Waals surface area contributed by atoms with Crippen LogP contribution in [0, 0.1) is 0 Å². The molecule has 0 aliphatic carbocycles. The van der Waals surface area contributed by atoms with Crippen molar-refractivity contribution in [1.82, 2.24) is 10.2 Å². The summed E-state index contributed by atoms with van der Waals surface area (Å²) in [6, 6.07) is 23.6. The predicted molar refractivity (Wildman–Crippen MR) is 122 cm³/mol. The molecule has 4 aromatic rings. The molecule has 29 heavy (non-hydrogen) atoms. The number of nitrogens with zero attached hydrogens (tertiary/aromatic N) is 2. The third-order valence-electron chi connectivity index (χ3n) is 4.33. The van der Waals surface area contributed by atoms with Gasteiger partial charge in [-0.1, -0.05) is 89.3 Å². The van der Waals surface area contributed by atoms with E-state index < -0.39 is 0 Å². The van der Waals surface area contributed by atoms with Gasteiger partial charge in [0.25, 0.3) is 5.91 Å². The van der Waals surface area contributed by atoms with E-state index in [-0.39, 0.29) is 5.91 Å². The van der Waals surface area contributed by atoms with Gasteiger partial charge >= 0.3 is 0 Å². The summed E-state index contributed by atoms with van der Waals surface area (Å²) in [5.74, 6) is -0.243. The molecule has 0 atom stereocenters. The molecule has 0 fully saturated rings. The van der Waals surface area contributed by atoms with Gasteiger partial charge in [-0.3, -0.25) is 10.1 Å². The second kappa shape index (κ2) is 8.78. The largest absolute Gasteiger partial charge is 0.296 e. The third kappa shape index (κ3) is 4.50. The number of hydrogen-bond donors (Lipinski definition) is 1. The second-order valence-electron chi connectivity index (χ2n) is 6.17. The Morgan fingerprint density at radius 1 is 0.931 bits per heavy atom. The monoisotopic (exact) mass is 437 g/mol. The highest BCUT2D eigenvalue weighted by Crippen LogP contribution is 2.31. The van der Waals surface area contributed by atoms with Crippen LogP contribution in [0.1, 0.15) is 10.4 Å². The Balaban J connectivity index is 1.59. The van der Waals surface area contributed by atoms with Crippen LogP contribution in [-0.4, -0.2) is 22.4 Å². The zero-order chi connectivity index (χ0) is 20.2. The molecule has 7 heteroatoms. The molecule has 1 N–H and O–H groups in total. The highest BCUT2D eigenvalue weighted by atomic mass is 35.5. The zero-order valence-electron chi connectivity index (χ0n) is 15.4. The molecule has 1 amide bonds. The van der Waals surface area contributed by atoms with Crippen molar-refractivity contribution in [1.29, 1.82) is 0 Å². The fourth-order valence-electron chi connectivity index (χ4n) is 2.87. The summed E-state index contributed by atoms with van der Waals surface area (Å²) in [6.07, 6.45) is 1.92. The van der Waals surface area contributed by atoms with Crippen molar-refractivity contribution in [2.75, 3.05) is 11.6 Å². The molecule has 0 aliphatic heterocycles. The van der Waals surface area contributed by atoms with E-state index in [1.165, 1.54) is 23.1 Å². The SMILES string of the molecule is CSc1nnc(NC(=O)c2ccc(Cl)c(-c3ccc(-c4ccccc4)cc3)c2)s1. The van der Waals surface area contributed by atoms with Crippen molar-refractivity contribution in [3.8, 4) is 22.3 Å². The zero-order valence-corrected chi connectivity index (χ0v) is 17.8. The van der Waals surface area contributed by atoms with Gasteiger partial charge in [0.2, 0.25) is 5.13 Å². The molecule has 0 unspecified atom stereocenters. The maximum Gasteiger partial charge on any atom is 0.257 e. The van der Waals surface area contributed by atoms with Gasteiger partial charge in [0.1, 0.15) is 0 Å². The molecule has 1 aromatic heterocycles. The Morgan fingerprint density at radius 2 is 1.62 bits per heavy atom. The lowest BCUT2D eigenvalue weighted by Gasteiger charge is -2.09. The minimum Gasteiger partial charge on any atom is -0.296 e. The van der Waals surface area contributed by atoms with Crippen molar-refractivity contribution >= 4 is 45.7 Å². The number of thioether (sulfide) groups is 1. The number of aromatic nitrogens is 2. The molecule has 144 valence electrons. The molecule has 0 saturated heterocycles. The molecule has 0 spiro atoms. The number of nitrogens with one attached hydrogen (secondary N) is 1. The van der Waals surface area contributed by atoms with E-state index in [0.717, 1.165) is 26.6 Å². The van der Waals surface area contributed by atoms with Crippen LogP contribution in [0.4, 0.5) is 5.13 Å². The third-order valence-corrected chi connectivity index (χ3v) is 6.48. The van der Waals surface area contributed by atoms with Crippen LogP contribution in [0.15, 0.2) is 77.1 Å². The molecule has 0 aliphatic rings. The first kappa shape index (κ1) is 19.6. The van der Waals surface area contributed by atoms with Gasteiger partial charge in [0.05, 0.1) is 0 Å². The van der Waals surface area contributed by atoms with Crippen molar-refractivity contribution in [2.24, 2.45) is 0 Å². The summed E-state index contributed by atoms with van der Waals surface area (Å²) in [5, 5.41) is 11.8. The maximum absolute atomic E-state index is 12.6. The number of benzene rings is 3. The number of hydrogen-bond acceptors (Lipinski definition) is 5. The first-order valence-corrected chi connectivity index (χ1v) is 11.2. The van der Waals surface area contributed by atoms with Gasteiger partial charge in [0.15, 0.2) is 4.34 Å². The maximum atomic E-state index is 12.6. The van der Waals surface area contributed by atoms with Crippen molar-refractivity contribution < 1.29 is 4.79 Å². The summed E-state index contributed by atoms with van der Waals surface area (Å²) in [6.45, 7) is 0. The van der Waals surface area contributed by atoms with Crippen molar-refractivity contribution in [2.45, 2.75) is 4.34 Å². The Bertz CT molecular complexity index is 1140. The van der Waals surface area contributed by atoms with Gasteiger partial charge in [-0.15, -0.1) is 10.2 Å². The molecule has 4 nitrogen and oxygen atoms in total. The first-order chi connectivity index (χ1) is 14.1. The lowest BCUT2D eigenvalue weighted by atomic mass is 9.99. The van der Waals surface area contributed by atoms with Crippen LogP contribution in [-0.2, 0) is 0 Å². The molecule has 1 heterocycles. The number of amides is 1. The summed E-state index contributed by atoms with van der Waals surface area (Å²) < 4.78 is 0.801. The Kier molecular flexibility index (Phi) is 5.94. The number of anilines is 1. The van der Waals surface area contributed by atoms with Gasteiger partial charge in [-0.05, 0) is 41.1 Å². The number of carbonyl (C=O) groups excluding carboxylic acids is 1. The Labute approximate surface area is 182 Å². The second-order valence-corrected chi connectivity index (χ2v) is 8.61. The van der Waals surface area contributed by atoms with Crippen LogP contribution < -0.4 is 5.32 Å². The van der Waals surface area contributed by atoms with Crippen LogP contribution >= 0.6 is 34.7 Å². The lowest BCUT2D eigenvalue weighted by molar-refractivity contribution is 0.102. The highest BCUT2D eigenvalue weighted by molar-refractivity contribution is 8.00. The van der Waals surface area contributed by atoms with E-state index in [9.17, 15) is 4.79 Å². The minimum absolute atomic E-state index is 0.243. The van der Waals surface area contributed by atoms with E-state index in [1.807, 2.05) is 36.6 Å². The topological polar surface area (TPSA) is 54.9 Å². The van der Waals surface area contributed by atoms with Crippen molar-refractivity contribution in [3.05, 3.63) is 83.4 Å². The average Bonchev–Trinajstić information content (AvgIpc) is 3.22. The van der Waals surface area contributed by atoms with E-state index in [0.29, 0.717) is 15.7 Å². The first-order valence-electron chi connectivity index (χ1n) is 8.78. The molecule has 3 aromatic carbocycles. The average molecular weight is 438 g/mol. The predicted octanol–water partition coefficient (Wildman–Crippen LogP) is 6.50. The fraction of sp³-hybridized carbons (Fsp3) is 0.0455.